The molecule has 148 valence electrons. The number of rotatable bonds is 7. The number of carbonyl (C=O) groups excluding carboxylic acids is 1. The van der Waals surface area contributed by atoms with Crippen LogP contribution in [0.4, 0.5) is 10.7 Å². The molecule has 0 saturated carbocycles. The highest BCUT2D eigenvalue weighted by Crippen LogP contribution is 2.30. The molecule has 0 saturated heterocycles. The smallest absolute Gasteiger partial charge is 0.407 e. The molecule has 1 aromatic carbocycles. The highest BCUT2D eigenvalue weighted by molar-refractivity contribution is 5.98. The van der Waals surface area contributed by atoms with Gasteiger partial charge < -0.3 is 30.8 Å². The minimum absolute atomic E-state index is 0.297. The van der Waals surface area contributed by atoms with Crippen molar-refractivity contribution in [2.75, 3.05) is 19.4 Å². The number of hydrogen-bond acceptors (Lipinski definition) is 5. The Morgan fingerprint density at radius 2 is 1.96 bits per heavy atom. The van der Waals surface area contributed by atoms with Crippen LogP contribution in [0.15, 0.2) is 12.1 Å². The minimum Gasteiger partial charge on any atom is -0.494 e. The third kappa shape index (κ3) is 4.42. The van der Waals surface area contributed by atoms with Crippen LogP contribution in [0.2, 0.25) is 0 Å². The molecule has 2 aromatic rings. The fraction of sp³-hybridized carbons (Fsp3) is 0.500. The Kier molecular flexibility index (Phi) is 5.82. The van der Waals surface area contributed by atoms with E-state index < -0.39 is 17.5 Å². The summed E-state index contributed by atoms with van der Waals surface area (Å²) < 4.78 is 7.19. The maximum Gasteiger partial charge on any atom is 0.407 e. The van der Waals surface area contributed by atoms with Gasteiger partial charge in [0.05, 0.1) is 12.6 Å². The van der Waals surface area contributed by atoms with Crippen molar-refractivity contribution >= 4 is 29.0 Å². The fourth-order valence-corrected chi connectivity index (χ4v) is 3.03. The van der Waals surface area contributed by atoms with Gasteiger partial charge in [-0.1, -0.05) is 0 Å². The van der Waals surface area contributed by atoms with E-state index in [1.807, 2.05) is 20.8 Å². The van der Waals surface area contributed by atoms with Crippen LogP contribution in [0, 0.1) is 0 Å². The second-order valence-corrected chi connectivity index (χ2v) is 7.34. The first-order valence-electron chi connectivity index (χ1n) is 8.70. The van der Waals surface area contributed by atoms with E-state index in [1.54, 1.807) is 16.7 Å². The second-order valence-electron chi connectivity index (χ2n) is 7.34. The number of aryl methyl sites for hydroxylation is 1. The van der Waals surface area contributed by atoms with E-state index in [0.29, 0.717) is 54.2 Å². The van der Waals surface area contributed by atoms with Crippen LogP contribution in [0.3, 0.4) is 0 Å². The van der Waals surface area contributed by atoms with Gasteiger partial charge in [0.25, 0.3) is 0 Å². The zero-order chi connectivity index (χ0) is 20.4. The first-order valence-corrected chi connectivity index (χ1v) is 8.70. The van der Waals surface area contributed by atoms with Crippen molar-refractivity contribution in [2.45, 2.75) is 45.7 Å². The van der Waals surface area contributed by atoms with Crippen molar-refractivity contribution in [1.29, 1.82) is 0 Å². The molecule has 0 aliphatic rings. The number of amides is 2. The quantitative estimate of drug-likeness (QED) is 0.633. The molecule has 2 rings (SSSR count). The lowest BCUT2D eigenvalue weighted by Gasteiger charge is -2.33. The lowest BCUT2D eigenvalue weighted by molar-refractivity contribution is 0.0983. The number of ether oxygens (including phenoxy) is 1. The van der Waals surface area contributed by atoms with Gasteiger partial charge in [0.1, 0.15) is 11.3 Å². The number of carbonyl (C=O) groups is 2. The molecule has 5 N–H and O–H groups in total. The average molecular weight is 377 g/mol. The number of nitrogens with zero attached hydrogens (tertiary/aromatic N) is 3. The number of benzene rings is 1. The number of unbranched alkanes of at least 4 members (excludes halogenated alkanes) is 1. The number of nitrogens with two attached hydrogens (primary N) is 2. The van der Waals surface area contributed by atoms with Crippen LogP contribution >= 0.6 is 0 Å². The molecular weight excluding hydrogens is 350 g/mol. The standard InChI is InChI=1S/C18H27N5O4/c1-18(2,3)23(17(25)26)8-6-5-7-22-14-12(21-16(22)20)9-11(15(19)24)10-13(14)27-4/h9-10H,5-8H2,1-4H3,(H2,19,24)(H2,20,21)(H,25,26). The van der Waals surface area contributed by atoms with Crippen LogP contribution in [0.5, 0.6) is 5.75 Å². The number of methoxy groups -OCH3 is 1. The Balaban J connectivity index is 2.18. The van der Waals surface area contributed by atoms with Crippen molar-refractivity contribution in [3.63, 3.8) is 0 Å². The van der Waals surface area contributed by atoms with Crippen molar-refractivity contribution < 1.29 is 19.4 Å². The lowest BCUT2D eigenvalue weighted by atomic mass is 10.1. The van der Waals surface area contributed by atoms with Crippen LogP contribution in [-0.4, -0.2) is 50.8 Å². The van der Waals surface area contributed by atoms with E-state index in [4.69, 9.17) is 16.2 Å². The average Bonchev–Trinajstić information content (AvgIpc) is 2.87. The van der Waals surface area contributed by atoms with E-state index in [9.17, 15) is 14.7 Å². The predicted molar refractivity (Wildman–Crippen MR) is 103 cm³/mol. The summed E-state index contributed by atoms with van der Waals surface area (Å²) in [6.45, 7) is 6.57. The van der Waals surface area contributed by atoms with Gasteiger partial charge in [0, 0.05) is 24.2 Å². The third-order valence-electron chi connectivity index (χ3n) is 4.39. The number of fused-ring (bicyclic) bond motifs is 1. The van der Waals surface area contributed by atoms with Gasteiger partial charge >= 0.3 is 6.09 Å². The summed E-state index contributed by atoms with van der Waals surface area (Å²) in [4.78, 5) is 28.6. The van der Waals surface area contributed by atoms with Crippen LogP contribution in [0.25, 0.3) is 11.0 Å². The van der Waals surface area contributed by atoms with Crippen LogP contribution in [0.1, 0.15) is 44.0 Å². The summed E-state index contributed by atoms with van der Waals surface area (Å²) in [5.41, 5.74) is 12.4. The molecule has 0 aliphatic carbocycles. The zero-order valence-corrected chi connectivity index (χ0v) is 16.2. The first-order chi connectivity index (χ1) is 12.6. The zero-order valence-electron chi connectivity index (χ0n) is 16.2. The molecular formula is C18H27N5O4. The van der Waals surface area contributed by atoms with Gasteiger partial charge in [-0.15, -0.1) is 0 Å². The van der Waals surface area contributed by atoms with Gasteiger partial charge in [-0.25, -0.2) is 9.78 Å². The second kappa shape index (κ2) is 7.73. The number of carboxylic acid groups (broad SMARTS) is 1. The van der Waals surface area contributed by atoms with Gasteiger partial charge in [0.2, 0.25) is 11.9 Å². The summed E-state index contributed by atoms with van der Waals surface area (Å²) in [6.07, 6.45) is 0.441. The van der Waals surface area contributed by atoms with E-state index in [0.717, 1.165) is 0 Å². The predicted octanol–water partition coefficient (Wildman–Crippen LogP) is 2.28. The Hall–Kier alpha value is -2.97. The molecule has 0 fully saturated rings. The largest absolute Gasteiger partial charge is 0.494 e. The molecule has 0 aliphatic heterocycles. The maximum atomic E-state index is 11.5. The number of anilines is 1. The van der Waals surface area contributed by atoms with Gasteiger partial charge in [-0.2, -0.15) is 0 Å². The van der Waals surface area contributed by atoms with Crippen LogP contribution in [-0.2, 0) is 6.54 Å². The Morgan fingerprint density at radius 1 is 1.30 bits per heavy atom. The van der Waals surface area contributed by atoms with Gasteiger partial charge in [-0.05, 0) is 45.7 Å². The molecule has 1 aromatic heterocycles. The number of hydrogen-bond donors (Lipinski definition) is 3. The Bertz CT molecular complexity index is 854. The third-order valence-corrected chi connectivity index (χ3v) is 4.39. The van der Waals surface area contributed by atoms with Crippen molar-refractivity contribution in [1.82, 2.24) is 14.5 Å². The summed E-state index contributed by atoms with van der Waals surface area (Å²) in [5.74, 6) is 0.197. The molecule has 9 heteroatoms. The van der Waals surface area contributed by atoms with Gasteiger partial charge in [-0.3, -0.25) is 4.79 Å². The lowest BCUT2D eigenvalue weighted by Crippen LogP contribution is -2.45. The van der Waals surface area contributed by atoms with Crippen molar-refractivity contribution in [2.24, 2.45) is 5.73 Å². The molecule has 1 heterocycles. The fourth-order valence-electron chi connectivity index (χ4n) is 3.03. The van der Waals surface area contributed by atoms with Crippen LogP contribution < -0.4 is 16.2 Å². The summed E-state index contributed by atoms with van der Waals surface area (Å²) in [7, 11) is 1.50. The normalized spacial score (nSPS) is 11.6. The molecule has 0 bridgehead atoms. The summed E-state index contributed by atoms with van der Waals surface area (Å²) >= 11 is 0. The summed E-state index contributed by atoms with van der Waals surface area (Å²) in [5, 5.41) is 9.35. The highest BCUT2D eigenvalue weighted by Gasteiger charge is 2.25. The van der Waals surface area contributed by atoms with E-state index in [-0.39, 0.29) is 0 Å². The van der Waals surface area contributed by atoms with Gasteiger partial charge in [0.15, 0.2) is 0 Å². The Morgan fingerprint density at radius 3 is 2.48 bits per heavy atom. The molecule has 9 nitrogen and oxygen atoms in total. The summed E-state index contributed by atoms with van der Waals surface area (Å²) in [6, 6.07) is 3.15. The number of primary amides is 1. The molecule has 2 amide bonds. The molecule has 27 heavy (non-hydrogen) atoms. The molecule has 0 unspecified atom stereocenters. The first kappa shape index (κ1) is 20.3. The minimum atomic E-state index is -0.934. The van der Waals surface area contributed by atoms with Crippen molar-refractivity contribution in [3.05, 3.63) is 17.7 Å². The van der Waals surface area contributed by atoms with E-state index in [1.165, 1.54) is 12.0 Å². The molecule has 0 atom stereocenters. The highest BCUT2D eigenvalue weighted by atomic mass is 16.5. The van der Waals surface area contributed by atoms with E-state index in [2.05, 4.69) is 4.98 Å². The molecule has 0 radical (unpaired) electrons. The topological polar surface area (TPSA) is 137 Å². The SMILES string of the molecule is COc1cc(C(N)=O)cc2nc(N)n(CCCCN(C(=O)O)C(C)(C)C)c12. The number of aromatic nitrogens is 2. The Labute approximate surface area is 157 Å². The maximum absolute atomic E-state index is 11.5. The number of nitrogen functional groups attached to an aromatic ring is 1. The molecule has 0 spiro atoms. The van der Waals surface area contributed by atoms with Crippen molar-refractivity contribution in [3.8, 4) is 5.75 Å². The van der Waals surface area contributed by atoms with E-state index >= 15 is 0 Å². The number of imidazole rings is 1. The monoisotopic (exact) mass is 377 g/mol.